The Labute approximate surface area is 152 Å². The summed E-state index contributed by atoms with van der Waals surface area (Å²) in [5.41, 5.74) is 1.99. The first-order chi connectivity index (χ1) is 11.0. The molecule has 0 saturated carbocycles. The van der Waals surface area contributed by atoms with E-state index in [-0.39, 0.29) is 17.8 Å². The molecule has 0 heterocycles. The molecule has 1 N–H and O–H groups in total. The Morgan fingerprint density at radius 3 is 1.67 bits per heavy atom. The number of halogens is 1. The summed E-state index contributed by atoms with van der Waals surface area (Å²) in [5, 5.41) is 11.1. The fraction of sp³-hybridized carbons (Fsp3) is 0.429. The van der Waals surface area contributed by atoms with Crippen molar-refractivity contribution in [3.63, 3.8) is 0 Å². The lowest BCUT2D eigenvalue weighted by Gasteiger charge is -2.42. The van der Waals surface area contributed by atoms with E-state index in [0.717, 1.165) is 12.8 Å². The third-order valence-corrected chi connectivity index (χ3v) is 5.03. The van der Waals surface area contributed by atoms with Crippen LogP contribution in [0.1, 0.15) is 37.8 Å². The fourth-order valence-corrected chi connectivity index (χ4v) is 3.39. The van der Waals surface area contributed by atoms with Gasteiger partial charge in [-0.15, -0.1) is 12.4 Å². The maximum absolute atomic E-state index is 11.1. The van der Waals surface area contributed by atoms with Crippen LogP contribution in [0.2, 0.25) is 0 Å². The summed E-state index contributed by atoms with van der Waals surface area (Å²) in [6, 6.07) is 21.3. The Hall–Kier alpha value is -1.35. The molecule has 2 atom stereocenters. The van der Waals surface area contributed by atoms with Crippen LogP contribution in [0.4, 0.5) is 0 Å². The van der Waals surface area contributed by atoms with Gasteiger partial charge in [-0.25, -0.2) is 0 Å². The maximum Gasteiger partial charge on any atom is 0.0675 e. The zero-order valence-corrected chi connectivity index (χ0v) is 16.0. The normalized spacial score (nSPS) is 14.1. The second kappa shape index (κ2) is 9.22. The van der Waals surface area contributed by atoms with Crippen LogP contribution in [-0.4, -0.2) is 36.2 Å². The molecule has 0 aliphatic heterocycles. The van der Waals surface area contributed by atoms with Gasteiger partial charge in [0.05, 0.1) is 6.10 Å². The average molecular weight is 348 g/mol. The summed E-state index contributed by atoms with van der Waals surface area (Å²) in [6.07, 6.45) is 1.18. The molecule has 132 valence electrons. The summed E-state index contributed by atoms with van der Waals surface area (Å²) < 4.78 is 0. The molecule has 2 aromatic rings. The number of aliphatic hydroxyl groups is 1. The molecule has 24 heavy (non-hydrogen) atoms. The standard InChI is InChI=1S/C21H29NO.ClH/c1-5-20(23)21(16-17(2)22(3)4,18-12-8-6-9-13-18)19-14-10-7-11-15-19;/h6-15,17,20,23H,5,16H2,1-4H3;1H/t17-,20?;/m1./s1. The molecule has 0 aliphatic carbocycles. The highest BCUT2D eigenvalue weighted by atomic mass is 35.5. The molecule has 1 unspecified atom stereocenters. The van der Waals surface area contributed by atoms with Gasteiger partial charge in [0, 0.05) is 11.5 Å². The van der Waals surface area contributed by atoms with Crippen LogP contribution in [0.3, 0.4) is 0 Å². The lowest BCUT2D eigenvalue weighted by molar-refractivity contribution is 0.0773. The third kappa shape index (κ3) is 4.18. The Balaban J connectivity index is 0.00000288. The zero-order valence-electron chi connectivity index (χ0n) is 15.1. The minimum Gasteiger partial charge on any atom is -0.392 e. The largest absolute Gasteiger partial charge is 0.392 e. The predicted molar refractivity (Wildman–Crippen MR) is 105 cm³/mol. The molecular weight excluding hydrogens is 318 g/mol. The minimum absolute atomic E-state index is 0. The van der Waals surface area contributed by atoms with Gasteiger partial charge in [-0.1, -0.05) is 67.6 Å². The molecule has 3 heteroatoms. The van der Waals surface area contributed by atoms with E-state index in [9.17, 15) is 5.11 Å². The molecule has 2 rings (SSSR count). The smallest absolute Gasteiger partial charge is 0.0675 e. The SMILES string of the molecule is CCC(O)C(C[C@@H](C)N(C)C)(c1ccccc1)c1ccccc1.Cl. The van der Waals surface area contributed by atoms with Crippen LogP contribution in [0.25, 0.3) is 0 Å². The summed E-state index contributed by atoms with van der Waals surface area (Å²) in [7, 11) is 4.20. The van der Waals surface area contributed by atoms with E-state index in [4.69, 9.17) is 0 Å². The van der Waals surface area contributed by atoms with Gasteiger partial charge >= 0.3 is 0 Å². The van der Waals surface area contributed by atoms with Crippen molar-refractivity contribution in [3.8, 4) is 0 Å². The van der Waals surface area contributed by atoms with Gasteiger partial charge in [-0.3, -0.25) is 0 Å². The first-order valence-corrected chi connectivity index (χ1v) is 8.48. The molecule has 0 saturated heterocycles. The quantitative estimate of drug-likeness (QED) is 0.796. The van der Waals surface area contributed by atoms with Gasteiger partial charge in [-0.05, 0) is 45.0 Å². The molecular formula is C21H30ClNO. The summed E-state index contributed by atoms with van der Waals surface area (Å²) in [4.78, 5) is 2.23. The van der Waals surface area contributed by atoms with E-state index in [1.807, 2.05) is 12.1 Å². The summed E-state index contributed by atoms with van der Waals surface area (Å²) in [6.45, 7) is 4.29. The molecule has 0 aromatic heterocycles. The second-order valence-electron chi connectivity index (χ2n) is 6.64. The van der Waals surface area contributed by atoms with Gasteiger partial charge in [0.15, 0.2) is 0 Å². The lowest BCUT2D eigenvalue weighted by atomic mass is 9.66. The van der Waals surface area contributed by atoms with Gasteiger partial charge in [0.1, 0.15) is 0 Å². The van der Waals surface area contributed by atoms with Crippen LogP contribution >= 0.6 is 12.4 Å². The first kappa shape index (κ1) is 20.7. The fourth-order valence-electron chi connectivity index (χ4n) is 3.39. The maximum atomic E-state index is 11.1. The molecule has 0 spiro atoms. The van der Waals surface area contributed by atoms with Crippen molar-refractivity contribution in [2.75, 3.05) is 14.1 Å². The molecule has 2 aromatic carbocycles. The van der Waals surface area contributed by atoms with Crippen LogP contribution < -0.4 is 0 Å². The predicted octanol–water partition coefficient (Wildman–Crippen LogP) is 4.51. The molecule has 2 nitrogen and oxygen atoms in total. The number of rotatable bonds is 7. The van der Waals surface area contributed by atoms with Crippen molar-refractivity contribution >= 4 is 12.4 Å². The number of nitrogens with zero attached hydrogens (tertiary/aromatic N) is 1. The number of aliphatic hydroxyl groups excluding tert-OH is 1. The third-order valence-electron chi connectivity index (χ3n) is 5.03. The van der Waals surface area contributed by atoms with Crippen molar-refractivity contribution in [2.24, 2.45) is 0 Å². The van der Waals surface area contributed by atoms with Crippen LogP contribution in [0, 0.1) is 0 Å². The topological polar surface area (TPSA) is 23.5 Å². The molecule has 0 fully saturated rings. The Bertz CT molecular complexity index is 546. The van der Waals surface area contributed by atoms with Gasteiger partial charge in [-0.2, -0.15) is 0 Å². The van der Waals surface area contributed by atoms with E-state index in [1.165, 1.54) is 11.1 Å². The average Bonchev–Trinajstić information content (AvgIpc) is 2.60. The molecule has 0 amide bonds. The number of hydrogen-bond donors (Lipinski definition) is 1. The number of hydrogen-bond acceptors (Lipinski definition) is 2. The van der Waals surface area contributed by atoms with Gasteiger partial charge < -0.3 is 10.0 Å². The van der Waals surface area contributed by atoms with Crippen molar-refractivity contribution in [1.29, 1.82) is 0 Å². The lowest BCUT2D eigenvalue weighted by Crippen LogP contribution is -2.45. The second-order valence-corrected chi connectivity index (χ2v) is 6.64. The van der Waals surface area contributed by atoms with Crippen LogP contribution in [0.15, 0.2) is 60.7 Å². The Morgan fingerprint density at radius 2 is 1.33 bits per heavy atom. The molecule has 0 aliphatic rings. The minimum atomic E-state index is -0.422. The van der Waals surface area contributed by atoms with Crippen molar-refractivity contribution in [2.45, 2.75) is 44.2 Å². The van der Waals surface area contributed by atoms with E-state index in [2.05, 4.69) is 81.4 Å². The van der Waals surface area contributed by atoms with E-state index in [1.54, 1.807) is 0 Å². The van der Waals surface area contributed by atoms with Crippen molar-refractivity contribution < 1.29 is 5.11 Å². The van der Waals surface area contributed by atoms with Gasteiger partial charge in [0.25, 0.3) is 0 Å². The van der Waals surface area contributed by atoms with E-state index >= 15 is 0 Å². The Kier molecular flexibility index (Phi) is 7.95. The highest BCUT2D eigenvalue weighted by molar-refractivity contribution is 5.85. The Morgan fingerprint density at radius 1 is 0.917 bits per heavy atom. The van der Waals surface area contributed by atoms with E-state index in [0.29, 0.717) is 6.04 Å². The molecule has 0 radical (unpaired) electrons. The highest BCUT2D eigenvalue weighted by Gasteiger charge is 2.41. The molecule has 0 bridgehead atoms. The van der Waals surface area contributed by atoms with Crippen LogP contribution in [0.5, 0.6) is 0 Å². The monoisotopic (exact) mass is 347 g/mol. The zero-order chi connectivity index (χ0) is 16.9. The van der Waals surface area contributed by atoms with E-state index < -0.39 is 6.10 Å². The van der Waals surface area contributed by atoms with Crippen molar-refractivity contribution in [1.82, 2.24) is 4.90 Å². The highest BCUT2D eigenvalue weighted by Crippen LogP contribution is 2.41. The summed E-state index contributed by atoms with van der Waals surface area (Å²) in [5.74, 6) is 0. The van der Waals surface area contributed by atoms with Crippen molar-refractivity contribution in [3.05, 3.63) is 71.8 Å². The van der Waals surface area contributed by atoms with Gasteiger partial charge in [0.2, 0.25) is 0 Å². The van der Waals surface area contributed by atoms with Crippen LogP contribution in [-0.2, 0) is 5.41 Å². The summed E-state index contributed by atoms with van der Waals surface area (Å²) >= 11 is 0. The first-order valence-electron chi connectivity index (χ1n) is 8.48. The number of benzene rings is 2.